The number of nitrogens with one attached hydrogen (secondary N) is 3. The van der Waals surface area contributed by atoms with Crippen LogP contribution in [0.25, 0.3) is 10.9 Å². The number of hydrazine groups is 1. The Kier molecular flexibility index (Phi) is 5.75. The number of rotatable bonds is 7. The number of carbonyl (C=O) groups excluding carboxylic acids is 1. The minimum absolute atomic E-state index is 0.159. The number of anilines is 4. The van der Waals surface area contributed by atoms with E-state index in [4.69, 9.17) is 10.5 Å². The van der Waals surface area contributed by atoms with Crippen molar-refractivity contribution in [3.05, 3.63) is 72.7 Å². The molecular weight excluding hydrogens is 394 g/mol. The van der Waals surface area contributed by atoms with Gasteiger partial charge in [0.25, 0.3) is 5.91 Å². The summed E-state index contributed by atoms with van der Waals surface area (Å²) in [5.74, 6) is 0.868. The van der Waals surface area contributed by atoms with E-state index in [1.807, 2.05) is 55.5 Å². The van der Waals surface area contributed by atoms with Gasteiger partial charge in [0.1, 0.15) is 17.8 Å². The standard InChI is InChI=1S/C22H21N7O2/c1-14-10-11-15-6-5-9-17(20(15)26-14)27-21-19(23)22(25-13-24-21)29-28-18(30)12-31-16-7-3-2-4-8-16/h2-11,13H,12,23H2,1H3,(H,28,30)(H2,24,25,27,29). The van der Waals surface area contributed by atoms with Gasteiger partial charge in [-0.05, 0) is 31.2 Å². The number of nitrogen functional groups attached to an aromatic ring is 1. The van der Waals surface area contributed by atoms with Gasteiger partial charge in [-0.15, -0.1) is 0 Å². The van der Waals surface area contributed by atoms with E-state index in [9.17, 15) is 4.79 Å². The van der Waals surface area contributed by atoms with Crippen LogP contribution in [0, 0.1) is 6.92 Å². The van der Waals surface area contributed by atoms with E-state index in [0.29, 0.717) is 11.6 Å². The van der Waals surface area contributed by atoms with Crippen LogP contribution in [0.2, 0.25) is 0 Å². The minimum Gasteiger partial charge on any atom is -0.484 e. The van der Waals surface area contributed by atoms with Crippen molar-refractivity contribution in [2.24, 2.45) is 0 Å². The van der Waals surface area contributed by atoms with E-state index in [1.165, 1.54) is 6.33 Å². The lowest BCUT2D eigenvalue weighted by Crippen LogP contribution is -2.34. The van der Waals surface area contributed by atoms with Crippen LogP contribution >= 0.6 is 0 Å². The van der Waals surface area contributed by atoms with Crippen molar-refractivity contribution in [2.75, 3.05) is 23.1 Å². The molecule has 156 valence electrons. The molecule has 0 unspecified atom stereocenters. The number of para-hydroxylation sites is 2. The number of aromatic nitrogens is 3. The fourth-order valence-electron chi connectivity index (χ4n) is 2.90. The van der Waals surface area contributed by atoms with E-state index in [2.05, 4.69) is 31.1 Å². The van der Waals surface area contributed by atoms with Crippen molar-refractivity contribution < 1.29 is 9.53 Å². The van der Waals surface area contributed by atoms with Gasteiger partial charge in [0, 0.05) is 11.1 Å². The van der Waals surface area contributed by atoms with Crippen LogP contribution in [0.3, 0.4) is 0 Å². The average molecular weight is 415 g/mol. The predicted molar refractivity (Wildman–Crippen MR) is 120 cm³/mol. The zero-order valence-electron chi connectivity index (χ0n) is 16.8. The summed E-state index contributed by atoms with van der Waals surface area (Å²) >= 11 is 0. The summed E-state index contributed by atoms with van der Waals surface area (Å²) in [6, 6.07) is 18.8. The molecule has 0 radical (unpaired) electrons. The lowest BCUT2D eigenvalue weighted by atomic mass is 10.1. The van der Waals surface area contributed by atoms with E-state index < -0.39 is 0 Å². The zero-order valence-corrected chi connectivity index (χ0v) is 16.8. The van der Waals surface area contributed by atoms with Gasteiger partial charge in [0.2, 0.25) is 0 Å². The Bertz CT molecular complexity index is 1220. The van der Waals surface area contributed by atoms with Gasteiger partial charge in [-0.1, -0.05) is 36.4 Å². The van der Waals surface area contributed by atoms with Crippen LogP contribution in [0.15, 0.2) is 67.0 Å². The number of hydrogen-bond donors (Lipinski definition) is 4. The summed E-state index contributed by atoms with van der Waals surface area (Å²) in [5, 5.41) is 4.19. The van der Waals surface area contributed by atoms with Gasteiger partial charge in [0.05, 0.1) is 11.2 Å². The third kappa shape index (κ3) is 4.78. The highest BCUT2D eigenvalue weighted by atomic mass is 16.5. The van der Waals surface area contributed by atoms with Gasteiger partial charge < -0.3 is 15.8 Å². The maximum absolute atomic E-state index is 12.0. The molecule has 0 fully saturated rings. The summed E-state index contributed by atoms with van der Waals surface area (Å²) in [6.45, 7) is 1.77. The summed E-state index contributed by atoms with van der Waals surface area (Å²) in [6.07, 6.45) is 1.34. The molecule has 31 heavy (non-hydrogen) atoms. The number of nitrogens with two attached hydrogens (primary N) is 1. The molecular formula is C22H21N7O2. The fraction of sp³-hybridized carbons (Fsp3) is 0.0909. The Balaban J connectivity index is 1.44. The van der Waals surface area contributed by atoms with Gasteiger partial charge in [-0.2, -0.15) is 0 Å². The first kappa shape index (κ1) is 19.9. The molecule has 9 nitrogen and oxygen atoms in total. The number of fused-ring (bicyclic) bond motifs is 1. The number of aryl methyl sites for hydroxylation is 1. The normalized spacial score (nSPS) is 10.5. The molecule has 4 aromatic rings. The van der Waals surface area contributed by atoms with Crippen molar-refractivity contribution in [1.82, 2.24) is 20.4 Å². The van der Waals surface area contributed by atoms with Crippen LogP contribution in [0.5, 0.6) is 5.75 Å². The molecule has 0 saturated carbocycles. The highest BCUT2D eigenvalue weighted by molar-refractivity contribution is 5.93. The molecule has 2 aromatic carbocycles. The molecule has 0 aliphatic rings. The number of nitrogens with zero attached hydrogens (tertiary/aromatic N) is 3. The lowest BCUT2D eigenvalue weighted by Gasteiger charge is -2.14. The smallest absolute Gasteiger partial charge is 0.276 e. The maximum Gasteiger partial charge on any atom is 0.276 e. The first-order valence-electron chi connectivity index (χ1n) is 9.57. The molecule has 0 atom stereocenters. The number of pyridine rings is 1. The number of hydrogen-bond acceptors (Lipinski definition) is 8. The van der Waals surface area contributed by atoms with Crippen LogP contribution in [0.1, 0.15) is 5.69 Å². The van der Waals surface area contributed by atoms with E-state index in [0.717, 1.165) is 22.3 Å². The topological polar surface area (TPSA) is 127 Å². The van der Waals surface area contributed by atoms with Crippen LogP contribution in [0.4, 0.5) is 23.0 Å². The molecule has 2 heterocycles. The molecule has 1 amide bonds. The molecule has 4 rings (SSSR count). The van der Waals surface area contributed by atoms with Crippen molar-refractivity contribution in [3.8, 4) is 5.75 Å². The highest BCUT2D eigenvalue weighted by Gasteiger charge is 2.12. The summed E-state index contributed by atoms with van der Waals surface area (Å²) in [7, 11) is 0. The van der Waals surface area contributed by atoms with Gasteiger partial charge >= 0.3 is 0 Å². The number of ether oxygens (including phenoxy) is 1. The van der Waals surface area contributed by atoms with Gasteiger partial charge in [0.15, 0.2) is 18.2 Å². The van der Waals surface area contributed by atoms with Gasteiger partial charge in [-0.25, -0.2) is 9.97 Å². The SMILES string of the molecule is Cc1ccc2cccc(Nc3ncnc(NNC(=O)COc4ccccc4)c3N)c2n1. The Morgan fingerprint density at radius 3 is 2.65 bits per heavy atom. The lowest BCUT2D eigenvalue weighted by molar-refractivity contribution is -0.122. The van der Waals surface area contributed by atoms with Crippen molar-refractivity contribution in [3.63, 3.8) is 0 Å². The Labute approximate surface area is 178 Å². The number of benzene rings is 2. The Morgan fingerprint density at radius 2 is 1.81 bits per heavy atom. The quantitative estimate of drug-likeness (QED) is 0.339. The molecule has 5 N–H and O–H groups in total. The maximum atomic E-state index is 12.0. The molecule has 0 spiro atoms. The van der Waals surface area contributed by atoms with Crippen LogP contribution in [-0.2, 0) is 4.79 Å². The Morgan fingerprint density at radius 1 is 1.00 bits per heavy atom. The highest BCUT2D eigenvalue weighted by Crippen LogP contribution is 2.29. The van der Waals surface area contributed by atoms with E-state index >= 15 is 0 Å². The Hall–Kier alpha value is -4.40. The zero-order chi connectivity index (χ0) is 21.6. The monoisotopic (exact) mass is 415 g/mol. The molecule has 0 bridgehead atoms. The first-order chi connectivity index (χ1) is 15.1. The van der Waals surface area contributed by atoms with E-state index in [-0.39, 0.29) is 24.0 Å². The van der Waals surface area contributed by atoms with Gasteiger partial charge in [-0.3, -0.25) is 20.6 Å². The minimum atomic E-state index is -0.384. The second-order valence-electron chi connectivity index (χ2n) is 6.71. The van der Waals surface area contributed by atoms with Crippen molar-refractivity contribution in [1.29, 1.82) is 0 Å². The van der Waals surface area contributed by atoms with Crippen LogP contribution in [-0.4, -0.2) is 27.5 Å². The first-order valence-corrected chi connectivity index (χ1v) is 9.57. The largest absolute Gasteiger partial charge is 0.484 e. The van der Waals surface area contributed by atoms with Crippen molar-refractivity contribution in [2.45, 2.75) is 6.92 Å². The average Bonchev–Trinajstić information content (AvgIpc) is 2.79. The number of amides is 1. The molecule has 0 saturated heterocycles. The fourth-order valence-corrected chi connectivity index (χ4v) is 2.90. The van der Waals surface area contributed by atoms with E-state index in [1.54, 1.807) is 12.1 Å². The molecule has 9 heteroatoms. The second kappa shape index (κ2) is 8.95. The van der Waals surface area contributed by atoms with Crippen LogP contribution < -0.4 is 26.6 Å². The third-order valence-corrected chi connectivity index (χ3v) is 4.43. The summed E-state index contributed by atoms with van der Waals surface area (Å²) in [5.41, 5.74) is 14.1. The summed E-state index contributed by atoms with van der Waals surface area (Å²) in [4.78, 5) is 24.9. The molecule has 2 aromatic heterocycles. The second-order valence-corrected chi connectivity index (χ2v) is 6.71. The third-order valence-electron chi connectivity index (χ3n) is 4.43. The number of carbonyl (C=O) groups is 1. The molecule has 0 aliphatic carbocycles. The molecule has 0 aliphatic heterocycles. The predicted octanol–water partition coefficient (Wildman–Crippen LogP) is 3.18. The van der Waals surface area contributed by atoms with Crippen molar-refractivity contribution >= 4 is 39.8 Å². The summed E-state index contributed by atoms with van der Waals surface area (Å²) < 4.78 is 5.40.